The molecule has 4 heteroatoms. The second kappa shape index (κ2) is 6.96. The molecule has 0 amide bonds. The van der Waals surface area contributed by atoms with Crippen LogP contribution in [0.5, 0.6) is 0 Å². The van der Waals surface area contributed by atoms with E-state index in [2.05, 4.69) is 24.1 Å². The minimum Gasteiger partial charge on any atom is -0.308 e. The van der Waals surface area contributed by atoms with Crippen molar-refractivity contribution in [1.82, 2.24) is 10.2 Å². The van der Waals surface area contributed by atoms with Crippen molar-refractivity contribution < 1.29 is 8.78 Å². The smallest absolute Gasteiger partial charge is 0.126 e. The van der Waals surface area contributed by atoms with E-state index in [1.54, 1.807) is 0 Å². The highest BCUT2D eigenvalue weighted by atomic mass is 19.1. The first-order valence-electron chi connectivity index (χ1n) is 6.66. The average Bonchev–Trinajstić information content (AvgIpc) is 2.25. The average molecular weight is 270 g/mol. The van der Waals surface area contributed by atoms with Crippen molar-refractivity contribution in [3.63, 3.8) is 0 Å². The molecule has 0 radical (unpaired) electrons. The van der Waals surface area contributed by atoms with Crippen molar-refractivity contribution in [2.45, 2.75) is 32.9 Å². The lowest BCUT2D eigenvalue weighted by atomic mass is 10.0. The monoisotopic (exact) mass is 270 g/mol. The van der Waals surface area contributed by atoms with Gasteiger partial charge in [-0.3, -0.25) is 0 Å². The third kappa shape index (κ3) is 5.25. The Morgan fingerprint density at radius 3 is 2.00 bits per heavy atom. The maximum Gasteiger partial charge on any atom is 0.126 e. The van der Waals surface area contributed by atoms with Crippen LogP contribution < -0.4 is 5.32 Å². The molecule has 0 aromatic heterocycles. The predicted octanol–water partition coefficient (Wildman–Crippen LogP) is 3.20. The third-order valence-electron chi connectivity index (χ3n) is 3.22. The first-order valence-corrected chi connectivity index (χ1v) is 6.66. The normalized spacial score (nSPS) is 15.0. The fraction of sp³-hybridized carbons (Fsp3) is 0.600. The Balaban J connectivity index is 2.78. The fourth-order valence-electron chi connectivity index (χ4n) is 2.09. The first kappa shape index (κ1) is 16.1. The number of benzene rings is 1. The summed E-state index contributed by atoms with van der Waals surface area (Å²) in [6.07, 6.45) is 0. The largest absolute Gasteiger partial charge is 0.308 e. The van der Waals surface area contributed by atoms with E-state index in [1.165, 1.54) is 12.1 Å². The summed E-state index contributed by atoms with van der Waals surface area (Å²) in [7, 11) is 4.03. The van der Waals surface area contributed by atoms with E-state index in [4.69, 9.17) is 0 Å². The Morgan fingerprint density at radius 2 is 1.58 bits per heavy atom. The standard InChI is InChI=1S/C15H24F2N2/c1-10(2)15(9-19(4)5)18-11(3)12-6-13(16)8-14(17)7-12/h6-8,10-11,15,18H,9H2,1-5H3. The van der Waals surface area contributed by atoms with Crippen LogP contribution in [0.4, 0.5) is 8.78 Å². The van der Waals surface area contributed by atoms with Gasteiger partial charge in [0, 0.05) is 24.7 Å². The highest BCUT2D eigenvalue weighted by Crippen LogP contribution is 2.18. The molecule has 0 heterocycles. The zero-order chi connectivity index (χ0) is 14.6. The minimum absolute atomic E-state index is 0.0856. The molecule has 1 rings (SSSR count). The van der Waals surface area contributed by atoms with Crippen molar-refractivity contribution in [3.8, 4) is 0 Å². The molecule has 108 valence electrons. The van der Waals surface area contributed by atoms with Crippen LogP contribution in [0.1, 0.15) is 32.4 Å². The van der Waals surface area contributed by atoms with Gasteiger partial charge in [0.1, 0.15) is 11.6 Å². The van der Waals surface area contributed by atoms with Gasteiger partial charge < -0.3 is 10.2 Å². The molecule has 0 fully saturated rings. The number of hydrogen-bond donors (Lipinski definition) is 1. The van der Waals surface area contributed by atoms with Gasteiger partial charge >= 0.3 is 0 Å². The summed E-state index contributed by atoms with van der Waals surface area (Å²) in [6, 6.07) is 3.85. The van der Waals surface area contributed by atoms with Crippen LogP contribution in [0.3, 0.4) is 0 Å². The molecule has 1 aromatic rings. The lowest BCUT2D eigenvalue weighted by Crippen LogP contribution is -2.43. The van der Waals surface area contributed by atoms with Crippen molar-refractivity contribution >= 4 is 0 Å². The Bertz CT molecular complexity index is 385. The van der Waals surface area contributed by atoms with E-state index >= 15 is 0 Å². The molecule has 2 nitrogen and oxygen atoms in total. The molecule has 2 unspecified atom stereocenters. The van der Waals surface area contributed by atoms with Gasteiger partial charge in [0.25, 0.3) is 0 Å². The molecule has 19 heavy (non-hydrogen) atoms. The van der Waals surface area contributed by atoms with Gasteiger partial charge in [0.05, 0.1) is 0 Å². The van der Waals surface area contributed by atoms with Crippen molar-refractivity contribution in [2.75, 3.05) is 20.6 Å². The third-order valence-corrected chi connectivity index (χ3v) is 3.22. The van der Waals surface area contributed by atoms with Gasteiger partial charge in [-0.25, -0.2) is 8.78 Å². The minimum atomic E-state index is -0.530. The number of halogens is 2. The number of nitrogens with one attached hydrogen (secondary N) is 1. The van der Waals surface area contributed by atoms with E-state index in [9.17, 15) is 8.78 Å². The Hall–Kier alpha value is -1.00. The summed E-state index contributed by atoms with van der Waals surface area (Å²) in [5.41, 5.74) is 0.641. The zero-order valence-corrected chi connectivity index (χ0v) is 12.4. The van der Waals surface area contributed by atoms with Crippen LogP contribution in [0.25, 0.3) is 0 Å². The summed E-state index contributed by atoms with van der Waals surface area (Å²) in [6.45, 7) is 7.10. The molecule has 0 aliphatic rings. The van der Waals surface area contributed by atoms with Crippen LogP contribution in [-0.2, 0) is 0 Å². The van der Waals surface area contributed by atoms with E-state index in [0.29, 0.717) is 11.5 Å². The van der Waals surface area contributed by atoms with Crippen molar-refractivity contribution in [2.24, 2.45) is 5.92 Å². The van der Waals surface area contributed by atoms with E-state index in [1.807, 2.05) is 21.0 Å². The van der Waals surface area contributed by atoms with E-state index in [-0.39, 0.29) is 12.1 Å². The predicted molar refractivity (Wildman–Crippen MR) is 75.1 cm³/mol. The van der Waals surface area contributed by atoms with Crippen LogP contribution in [0.2, 0.25) is 0 Å². The SMILES string of the molecule is CC(NC(CN(C)C)C(C)C)c1cc(F)cc(F)c1. The molecule has 0 saturated heterocycles. The second-order valence-electron chi connectivity index (χ2n) is 5.70. The van der Waals surface area contributed by atoms with Gasteiger partial charge in [0.15, 0.2) is 0 Å². The topological polar surface area (TPSA) is 15.3 Å². The number of likely N-dealkylation sites (N-methyl/N-ethyl adjacent to an activating group) is 1. The molecular weight excluding hydrogens is 246 g/mol. The molecule has 1 N–H and O–H groups in total. The van der Waals surface area contributed by atoms with E-state index < -0.39 is 11.6 Å². The van der Waals surface area contributed by atoms with Gasteiger partial charge in [-0.1, -0.05) is 13.8 Å². The molecule has 0 saturated carbocycles. The zero-order valence-electron chi connectivity index (χ0n) is 12.4. The fourth-order valence-corrected chi connectivity index (χ4v) is 2.09. The number of rotatable bonds is 6. The Labute approximate surface area is 114 Å². The van der Waals surface area contributed by atoms with Gasteiger partial charge in [-0.05, 0) is 44.6 Å². The van der Waals surface area contributed by atoms with Crippen LogP contribution in [0.15, 0.2) is 18.2 Å². The van der Waals surface area contributed by atoms with Gasteiger partial charge in [0.2, 0.25) is 0 Å². The lowest BCUT2D eigenvalue weighted by molar-refractivity contribution is 0.273. The van der Waals surface area contributed by atoms with Crippen molar-refractivity contribution in [3.05, 3.63) is 35.4 Å². The Morgan fingerprint density at radius 1 is 1.05 bits per heavy atom. The molecule has 0 spiro atoms. The summed E-state index contributed by atoms with van der Waals surface area (Å²) in [5, 5.41) is 3.44. The maximum absolute atomic E-state index is 13.2. The molecular formula is C15H24F2N2. The van der Waals surface area contributed by atoms with Crippen LogP contribution in [0, 0.1) is 17.6 Å². The van der Waals surface area contributed by atoms with Gasteiger partial charge in [-0.15, -0.1) is 0 Å². The Kier molecular flexibility index (Phi) is 5.88. The number of hydrogen-bond acceptors (Lipinski definition) is 2. The molecule has 0 bridgehead atoms. The first-order chi connectivity index (χ1) is 8.79. The highest BCUT2D eigenvalue weighted by Gasteiger charge is 2.18. The van der Waals surface area contributed by atoms with Crippen LogP contribution in [-0.4, -0.2) is 31.6 Å². The summed E-state index contributed by atoms with van der Waals surface area (Å²) in [5.74, 6) is -0.613. The lowest BCUT2D eigenvalue weighted by Gasteiger charge is -2.29. The van der Waals surface area contributed by atoms with Gasteiger partial charge in [-0.2, -0.15) is 0 Å². The number of nitrogens with zero attached hydrogens (tertiary/aromatic N) is 1. The van der Waals surface area contributed by atoms with Crippen molar-refractivity contribution in [1.29, 1.82) is 0 Å². The highest BCUT2D eigenvalue weighted by molar-refractivity contribution is 5.21. The molecule has 0 aliphatic carbocycles. The molecule has 1 aromatic carbocycles. The van der Waals surface area contributed by atoms with Crippen LogP contribution >= 0.6 is 0 Å². The summed E-state index contributed by atoms with van der Waals surface area (Å²) in [4.78, 5) is 2.11. The van der Waals surface area contributed by atoms with E-state index in [0.717, 1.165) is 12.6 Å². The summed E-state index contributed by atoms with van der Waals surface area (Å²) < 4.78 is 26.4. The molecule has 0 aliphatic heterocycles. The second-order valence-corrected chi connectivity index (χ2v) is 5.70. The maximum atomic E-state index is 13.2. The molecule has 2 atom stereocenters. The quantitative estimate of drug-likeness (QED) is 0.854. The summed E-state index contributed by atoms with van der Waals surface area (Å²) >= 11 is 0.